The van der Waals surface area contributed by atoms with E-state index < -0.39 is 8.07 Å². The Bertz CT molecular complexity index is 115. The molecule has 0 unspecified atom stereocenters. The van der Waals surface area contributed by atoms with Crippen molar-refractivity contribution in [3.63, 3.8) is 0 Å². The minimum Gasteiger partial charge on any atom is -0.468 e. The molecule has 0 aromatic rings. The van der Waals surface area contributed by atoms with Crippen molar-refractivity contribution < 1.29 is 29.0 Å². The van der Waals surface area contributed by atoms with Crippen LogP contribution in [0.3, 0.4) is 0 Å². The number of carbonyl (C=O) groups excluding carboxylic acids is 1. The molecule has 0 heterocycles. The summed E-state index contributed by atoms with van der Waals surface area (Å²) in [6.45, 7) is 16.1. The summed E-state index contributed by atoms with van der Waals surface area (Å²) in [6.07, 6.45) is 0.230. The van der Waals surface area contributed by atoms with Gasteiger partial charge in [0.1, 0.15) is 0 Å². The summed E-state index contributed by atoms with van der Waals surface area (Å²) in [6, 6.07) is 0. The molecule has 0 aromatic carbocycles. The number of hydrogen-bond acceptors (Lipinski definition) is 2. The van der Waals surface area contributed by atoms with Crippen molar-refractivity contribution in [2.75, 3.05) is 6.61 Å². The van der Waals surface area contributed by atoms with Gasteiger partial charge < -0.3 is 18.2 Å². The Kier molecular flexibility index (Phi) is 15.2. The first kappa shape index (κ1) is 19.0. The van der Waals surface area contributed by atoms with E-state index in [0.29, 0.717) is 6.61 Å². The molecule has 0 N–H and O–H groups in total. The molecule has 0 amide bonds. The Labute approximate surface area is 96.2 Å². The van der Waals surface area contributed by atoms with Crippen molar-refractivity contribution in [3.05, 3.63) is 13.5 Å². The van der Waals surface area contributed by atoms with Crippen LogP contribution in [-0.2, 0) is 29.0 Å². The van der Waals surface area contributed by atoms with Crippen LogP contribution in [0.2, 0.25) is 19.6 Å². The van der Waals surface area contributed by atoms with Crippen LogP contribution in [0, 0.1) is 13.5 Å². The van der Waals surface area contributed by atoms with E-state index in [4.69, 9.17) is 0 Å². The fourth-order valence-electron chi connectivity index (χ4n) is 0.233. The number of esters is 1. The monoisotopic (exact) mass is 252 g/mol. The van der Waals surface area contributed by atoms with Crippen molar-refractivity contribution in [2.45, 2.75) is 33.0 Å². The third kappa shape index (κ3) is 46.4. The van der Waals surface area contributed by atoms with Gasteiger partial charge in [-0.15, -0.1) is 8.07 Å². The maximum atomic E-state index is 10.1. The first-order valence-electron chi connectivity index (χ1n) is 4.11. The zero-order valence-electron chi connectivity index (χ0n) is 9.35. The minimum atomic E-state index is -0.861. The first-order chi connectivity index (χ1) is 5.31. The third-order valence-corrected chi connectivity index (χ3v) is 0.509. The molecule has 0 saturated heterocycles. The van der Waals surface area contributed by atoms with Gasteiger partial charge in [-0.2, -0.15) is 0 Å². The Hall–Kier alpha value is 0.310. The van der Waals surface area contributed by atoms with Crippen LogP contribution >= 0.6 is 0 Å². The fraction of sp³-hybridized carbons (Fsp3) is 0.667. The smallest absolute Gasteiger partial charge is 0.468 e. The van der Waals surface area contributed by atoms with Crippen molar-refractivity contribution in [1.29, 1.82) is 0 Å². The van der Waals surface area contributed by atoms with E-state index >= 15 is 0 Å². The van der Waals surface area contributed by atoms with Crippen LogP contribution < -0.4 is 0 Å². The van der Waals surface area contributed by atoms with E-state index in [2.05, 4.69) is 37.8 Å². The van der Waals surface area contributed by atoms with Gasteiger partial charge in [0.25, 0.3) is 5.97 Å². The molecular formula is C9H20O2SiZn. The van der Waals surface area contributed by atoms with Gasteiger partial charge in [-0.25, -0.2) is 0 Å². The summed E-state index contributed by atoms with van der Waals surface area (Å²) in [7, 11) is -0.861. The largest absolute Gasteiger partial charge is 2.00 e. The summed E-state index contributed by atoms with van der Waals surface area (Å²) in [5.74, 6) is -0.234. The van der Waals surface area contributed by atoms with Crippen LogP contribution in [0.4, 0.5) is 0 Å². The maximum absolute atomic E-state index is 10.1. The zero-order chi connectivity index (χ0) is 10.2. The molecule has 0 aliphatic carbocycles. The molecule has 0 radical (unpaired) electrons. The summed E-state index contributed by atoms with van der Waals surface area (Å²) >= 11 is 0. The molecule has 0 atom stereocenters. The minimum absolute atomic E-state index is 0. The molecule has 2 nitrogen and oxygen atoms in total. The van der Waals surface area contributed by atoms with Crippen LogP contribution in [0.15, 0.2) is 0 Å². The molecule has 0 aliphatic rings. The molecule has 0 bridgehead atoms. The Morgan fingerprint density at radius 2 is 1.69 bits per heavy atom. The van der Waals surface area contributed by atoms with E-state index in [1.807, 2.05) is 0 Å². The Morgan fingerprint density at radius 3 is 1.77 bits per heavy atom. The van der Waals surface area contributed by atoms with Crippen molar-refractivity contribution in [3.8, 4) is 0 Å². The molecular weight excluding hydrogens is 234 g/mol. The third-order valence-electron chi connectivity index (χ3n) is 0.509. The number of hydrogen-bond donors (Lipinski definition) is 0. The summed E-state index contributed by atoms with van der Waals surface area (Å²) in [5.41, 5.74) is 0. The second kappa shape index (κ2) is 10.4. The van der Waals surface area contributed by atoms with E-state index in [-0.39, 0.29) is 31.9 Å². The number of ether oxygens (including phenoxy) is 1. The molecule has 0 aromatic heterocycles. The van der Waals surface area contributed by atoms with Crippen molar-refractivity contribution >= 4 is 14.0 Å². The van der Waals surface area contributed by atoms with Gasteiger partial charge in [-0.1, -0.05) is 26.1 Å². The molecule has 74 valence electrons. The van der Waals surface area contributed by atoms with Gasteiger partial charge in [-0.05, 0) is 6.92 Å². The van der Waals surface area contributed by atoms with Gasteiger partial charge in [-0.3, -0.25) is 4.79 Å². The van der Waals surface area contributed by atoms with Gasteiger partial charge in [0, 0.05) is 0 Å². The van der Waals surface area contributed by atoms with Crippen molar-refractivity contribution in [1.82, 2.24) is 0 Å². The predicted octanol–water partition coefficient (Wildman–Crippen LogP) is 2.47. The van der Waals surface area contributed by atoms with Gasteiger partial charge in [0.2, 0.25) is 0 Å². The van der Waals surface area contributed by atoms with E-state index in [9.17, 15) is 4.79 Å². The average molecular weight is 254 g/mol. The zero-order valence-corrected chi connectivity index (χ0v) is 13.3. The van der Waals surface area contributed by atoms with E-state index in [1.165, 1.54) is 0 Å². The number of rotatable bonds is 2. The SMILES string of the molecule is [CH2-]CC(=O)OCC.[CH2-][Si](C)(C)C.[Zn+2]. The molecule has 13 heavy (non-hydrogen) atoms. The first-order valence-corrected chi connectivity index (χ1v) is 7.82. The molecule has 0 aliphatic heterocycles. The van der Waals surface area contributed by atoms with E-state index in [0.717, 1.165) is 0 Å². The van der Waals surface area contributed by atoms with Gasteiger partial charge in [0.05, 0.1) is 6.61 Å². The standard InChI is InChI=1S/C5H9O2.C4H11Si.Zn/c1-3-5(6)7-4-2;1-5(2,3)4;/h1,3-4H2,2H3;1H2,2-4H3;/q2*-1;+2. The molecule has 0 saturated carbocycles. The average Bonchev–Trinajstić information content (AvgIpc) is 1.85. The predicted molar refractivity (Wildman–Crippen MR) is 55.3 cm³/mol. The van der Waals surface area contributed by atoms with Crippen LogP contribution in [-0.4, -0.2) is 20.7 Å². The summed E-state index contributed by atoms with van der Waals surface area (Å²) < 4.78 is 4.49. The Balaban J connectivity index is -0.000000150. The van der Waals surface area contributed by atoms with Crippen LogP contribution in [0.25, 0.3) is 0 Å². The molecule has 4 heteroatoms. The quantitative estimate of drug-likeness (QED) is 0.429. The summed E-state index contributed by atoms with van der Waals surface area (Å²) in [5, 5.41) is 0. The second-order valence-corrected chi connectivity index (χ2v) is 8.74. The van der Waals surface area contributed by atoms with Crippen molar-refractivity contribution in [2.24, 2.45) is 0 Å². The van der Waals surface area contributed by atoms with Crippen LogP contribution in [0.1, 0.15) is 13.3 Å². The molecule has 0 fully saturated rings. The van der Waals surface area contributed by atoms with Gasteiger partial charge in [0.15, 0.2) is 0 Å². The molecule has 0 rings (SSSR count). The topological polar surface area (TPSA) is 26.3 Å². The van der Waals surface area contributed by atoms with E-state index in [1.54, 1.807) is 6.92 Å². The normalized spacial score (nSPS) is 9.08. The summed E-state index contributed by atoms with van der Waals surface area (Å²) in [4.78, 5) is 10.1. The maximum Gasteiger partial charge on any atom is 2.00 e. The number of carbonyl (C=O) groups is 1. The Morgan fingerprint density at radius 1 is 1.38 bits per heavy atom. The fourth-order valence-corrected chi connectivity index (χ4v) is 0.233. The van der Waals surface area contributed by atoms with Crippen LogP contribution in [0.5, 0.6) is 0 Å². The molecule has 0 spiro atoms. The second-order valence-electron chi connectivity index (χ2n) is 3.62. The van der Waals surface area contributed by atoms with Gasteiger partial charge >= 0.3 is 19.5 Å².